The standard InChI is InChI=1S/C17H26N2O/c1-13-9-7-8-12-16(13)18-17(20)19(3)14(2)15-10-5-4-6-11-15/h4-6,10-11,13-14,16H,7-9,12H2,1-3H3,(H,18,20). The first-order chi connectivity index (χ1) is 9.59. The Bertz CT molecular complexity index is 432. The molecule has 0 aromatic heterocycles. The Labute approximate surface area is 122 Å². The number of benzene rings is 1. The zero-order chi connectivity index (χ0) is 14.5. The fraction of sp³-hybridized carbons (Fsp3) is 0.588. The minimum absolute atomic E-state index is 0.0418. The van der Waals surface area contributed by atoms with Gasteiger partial charge in [-0.3, -0.25) is 0 Å². The number of nitrogens with zero attached hydrogens (tertiary/aromatic N) is 1. The van der Waals surface area contributed by atoms with Gasteiger partial charge in [0, 0.05) is 13.1 Å². The first-order valence-electron chi connectivity index (χ1n) is 7.68. The van der Waals surface area contributed by atoms with E-state index in [1.807, 2.05) is 25.2 Å². The summed E-state index contributed by atoms with van der Waals surface area (Å²) in [5.74, 6) is 0.591. The van der Waals surface area contributed by atoms with Crippen LogP contribution in [0.3, 0.4) is 0 Å². The molecular formula is C17H26N2O. The van der Waals surface area contributed by atoms with Crippen molar-refractivity contribution in [2.24, 2.45) is 5.92 Å². The highest BCUT2D eigenvalue weighted by Crippen LogP contribution is 2.24. The number of amides is 2. The van der Waals surface area contributed by atoms with Crippen molar-refractivity contribution in [1.82, 2.24) is 10.2 Å². The van der Waals surface area contributed by atoms with Crippen LogP contribution in [0.5, 0.6) is 0 Å². The minimum atomic E-state index is 0.0418. The summed E-state index contributed by atoms with van der Waals surface area (Å²) in [5.41, 5.74) is 1.17. The summed E-state index contributed by atoms with van der Waals surface area (Å²) in [6.07, 6.45) is 4.86. The first-order valence-corrected chi connectivity index (χ1v) is 7.68. The van der Waals surface area contributed by atoms with Crippen LogP contribution in [-0.2, 0) is 0 Å². The maximum Gasteiger partial charge on any atom is 0.317 e. The summed E-state index contributed by atoms with van der Waals surface area (Å²) in [5, 5.41) is 3.21. The third kappa shape index (κ3) is 3.53. The summed E-state index contributed by atoms with van der Waals surface area (Å²) in [6.45, 7) is 4.31. The lowest BCUT2D eigenvalue weighted by molar-refractivity contribution is 0.179. The monoisotopic (exact) mass is 274 g/mol. The number of carbonyl (C=O) groups is 1. The lowest BCUT2D eigenvalue weighted by Crippen LogP contribution is -2.47. The molecular weight excluding hydrogens is 248 g/mol. The van der Waals surface area contributed by atoms with Crippen molar-refractivity contribution in [3.63, 3.8) is 0 Å². The predicted molar refractivity (Wildman–Crippen MR) is 82.6 cm³/mol. The van der Waals surface area contributed by atoms with E-state index in [0.717, 1.165) is 6.42 Å². The first kappa shape index (κ1) is 14.9. The predicted octanol–water partition coefficient (Wildman–Crippen LogP) is 3.97. The smallest absolute Gasteiger partial charge is 0.317 e. The maximum atomic E-state index is 12.4. The van der Waals surface area contributed by atoms with Crippen molar-refractivity contribution < 1.29 is 4.79 Å². The van der Waals surface area contributed by atoms with Gasteiger partial charge < -0.3 is 10.2 Å². The van der Waals surface area contributed by atoms with Crippen LogP contribution in [0.1, 0.15) is 51.1 Å². The molecule has 3 nitrogen and oxygen atoms in total. The van der Waals surface area contributed by atoms with Crippen molar-refractivity contribution in [3.05, 3.63) is 35.9 Å². The van der Waals surface area contributed by atoms with Crippen molar-refractivity contribution in [1.29, 1.82) is 0 Å². The molecule has 0 spiro atoms. The van der Waals surface area contributed by atoms with E-state index in [-0.39, 0.29) is 12.1 Å². The van der Waals surface area contributed by atoms with Gasteiger partial charge in [0.15, 0.2) is 0 Å². The highest BCUT2D eigenvalue weighted by Gasteiger charge is 2.25. The van der Waals surface area contributed by atoms with E-state index in [2.05, 4.69) is 31.3 Å². The molecule has 1 aliphatic rings. The topological polar surface area (TPSA) is 32.3 Å². The number of urea groups is 1. The second-order valence-electron chi connectivity index (χ2n) is 6.02. The summed E-state index contributed by atoms with van der Waals surface area (Å²) >= 11 is 0. The highest BCUT2D eigenvalue weighted by molar-refractivity contribution is 5.74. The van der Waals surface area contributed by atoms with Gasteiger partial charge in [0.1, 0.15) is 0 Å². The third-order valence-electron chi connectivity index (χ3n) is 4.60. The molecule has 1 saturated carbocycles. The molecule has 1 aromatic rings. The second-order valence-corrected chi connectivity index (χ2v) is 6.02. The van der Waals surface area contributed by atoms with Crippen LogP contribution in [0.25, 0.3) is 0 Å². The van der Waals surface area contributed by atoms with Crippen molar-refractivity contribution in [2.45, 2.75) is 51.6 Å². The molecule has 0 saturated heterocycles. The molecule has 3 heteroatoms. The van der Waals surface area contributed by atoms with Crippen molar-refractivity contribution in [2.75, 3.05) is 7.05 Å². The molecule has 20 heavy (non-hydrogen) atoms. The number of hydrogen-bond donors (Lipinski definition) is 1. The Balaban J connectivity index is 1.94. The molecule has 0 aliphatic heterocycles. The Morgan fingerprint density at radius 3 is 2.55 bits per heavy atom. The number of carbonyl (C=O) groups excluding carboxylic acids is 1. The van der Waals surface area contributed by atoms with Gasteiger partial charge in [-0.05, 0) is 31.2 Å². The van der Waals surface area contributed by atoms with Gasteiger partial charge in [0.05, 0.1) is 6.04 Å². The maximum absolute atomic E-state index is 12.4. The van der Waals surface area contributed by atoms with Crippen molar-refractivity contribution in [3.8, 4) is 0 Å². The molecule has 1 aliphatic carbocycles. The third-order valence-corrected chi connectivity index (χ3v) is 4.60. The van der Waals surface area contributed by atoms with Crippen molar-refractivity contribution >= 4 is 6.03 Å². The lowest BCUT2D eigenvalue weighted by Gasteiger charge is -2.33. The highest BCUT2D eigenvalue weighted by atomic mass is 16.2. The van der Waals surface area contributed by atoms with Gasteiger partial charge in [-0.15, -0.1) is 0 Å². The summed E-state index contributed by atoms with van der Waals surface area (Å²) in [4.78, 5) is 14.2. The van der Waals surface area contributed by atoms with Gasteiger partial charge in [-0.2, -0.15) is 0 Å². The largest absolute Gasteiger partial charge is 0.335 e. The molecule has 0 heterocycles. The normalized spacial score (nSPS) is 23.9. The van der Waals surface area contributed by atoms with Gasteiger partial charge >= 0.3 is 6.03 Å². The molecule has 1 N–H and O–H groups in total. The molecule has 0 bridgehead atoms. The Kier molecular flexibility index (Phi) is 5.05. The SMILES string of the molecule is CC1CCCCC1NC(=O)N(C)C(C)c1ccccc1. The Morgan fingerprint density at radius 1 is 1.25 bits per heavy atom. The fourth-order valence-corrected chi connectivity index (χ4v) is 2.92. The summed E-state index contributed by atoms with van der Waals surface area (Å²) in [6, 6.07) is 10.6. The molecule has 2 rings (SSSR count). The number of nitrogens with one attached hydrogen (secondary N) is 1. The zero-order valence-corrected chi connectivity index (χ0v) is 12.8. The average molecular weight is 274 g/mol. The quantitative estimate of drug-likeness (QED) is 0.888. The summed E-state index contributed by atoms with van der Waals surface area (Å²) in [7, 11) is 1.88. The van der Waals surface area contributed by atoms with Crippen LogP contribution >= 0.6 is 0 Å². The minimum Gasteiger partial charge on any atom is -0.335 e. The van der Waals surface area contributed by atoms with Crippen LogP contribution in [0.4, 0.5) is 4.79 Å². The van der Waals surface area contributed by atoms with E-state index in [1.54, 1.807) is 4.90 Å². The van der Waals surface area contributed by atoms with E-state index in [4.69, 9.17) is 0 Å². The van der Waals surface area contributed by atoms with E-state index < -0.39 is 0 Å². The molecule has 3 atom stereocenters. The van der Waals surface area contributed by atoms with Crippen LogP contribution in [0.15, 0.2) is 30.3 Å². The van der Waals surface area contributed by atoms with Gasteiger partial charge in [-0.1, -0.05) is 50.1 Å². The number of rotatable bonds is 3. The van der Waals surface area contributed by atoms with Gasteiger partial charge in [-0.25, -0.2) is 4.79 Å². The molecule has 110 valence electrons. The van der Waals surface area contributed by atoms with Crippen LogP contribution in [0.2, 0.25) is 0 Å². The van der Waals surface area contributed by atoms with E-state index in [9.17, 15) is 4.79 Å². The van der Waals surface area contributed by atoms with E-state index >= 15 is 0 Å². The average Bonchev–Trinajstić information content (AvgIpc) is 2.49. The van der Waals surface area contributed by atoms with Gasteiger partial charge in [0.2, 0.25) is 0 Å². The molecule has 3 unspecified atom stereocenters. The second kappa shape index (κ2) is 6.78. The Hall–Kier alpha value is -1.51. The van der Waals surface area contributed by atoms with Crippen LogP contribution in [-0.4, -0.2) is 24.0 Å². The van der Waals surface area contributed by atoms with Gasteiger partial charge in [0.25, 0.3) is 0 Å². The Morgan fingerprint density at radius 2 is 1.90 bits per heavy atom. The molecule has 2 amide bonds. The van der Waals surface area contributed by atoms with E-state index in [0.29, 0.717) is 12.0 Å². The fourth-order valence-electron chi connectivity index (χ4n) is 2.92. The lowest BCUT2D eigenvalue weighted by atomic mass is 9.86. The molecule has 1 fully saturated rings. The zero-order valence-electron chi connectivity index (χ0n) is 12.8. The van der Waals surface area contributed by atoms with Crippen LogP contribution in [0, 0.1) is 5.92 Å². The molecule has 0 radical (unpaired) electrons. The van der Waals surface area contributed by atoms with E-state index in [1.165, 1.54) is 24.8 Å². The molecule has 1 aromatic carbocycles. The summed E-state index contributed by atoms with van der Waals surface area (Å²) < 4.78 is 0. The van der Waals surface area contributed by atoms with Crippen LogP contribution < -0.4 is 5.32 Å². The number of hydrogen-bond acceptors (Lipinski definition) is 1.